The van der Waals surface area contributed by atoms with E-state index >= 15 is 0 Å². The van der Waals surface area contributed by atoms with Crippen molar-refractivity contribution < 1.29 is 9.18 Å². The second-order valence-corrected chi connectivity index (χ2v) is 3.67. The molecule has 3 N–H and O–H groups in total. The lowest BCUT2D eigenvalue weighted by molar-refractivity contribution is 0.102. The summed E-state index contributed by atoms with van der Waals surface area (Å²) in [6.07, 6.45) is 1.24. The quantitative estimate of drug-likeness (QED) is 0.858. The van der Waals surface area contributed by atoms with E-state index in [1.807, 2.05) is 6.07 Å². The summed E-state index contributed by atoms with van der Waals surface area (Å²) in [4.78, 5) is 15.4. The summed E-state index contributed by atoms with van der Waals surface area (Å²) in [6.45, 7) is 0. The van der Waals surface area contributed by atoms with Crippen molar-refractivity contribution in [2.75, 3.05) is 11.1 Å². The van der Waals surface area contributed by atoms with Gasteiger partial charge in [-0.3, -0.25) is 4.79 Å². The minimum Gasteiger partial charge on any atom is -0.381 e. The van der Waals surface area contributed by atoms with Crippen LogP contribution in [-0.4, -0.2) is 10.9 Å². The summed E-state index contributed by atoms with van der Waals surface area (Å²) in [5.74, 6) is -1.91. The molecule has 0 atom stereocenters. The predicted molar refractivity (Wildman–Crippen MR) is 67.7 cm³/mol. The van der Waals surface area contributed by atoms with Crippen molar-refractivity contribution in [2.24, 2.45) is 0 Å². The number of nitrogen functional groups attached to an aromatic ring is 1. The summed E-state index contributed by atoms with van der Waals surface area (Å²) in [5, 5.41) is 11.4. The summed E-state index contributed by atoms with van der Waals surface area (Å²) < 4.78 is 13.6. The molecule has 2 rings (SSSR count). The highest BCUT2D eigenvalue weighted by Gasteiger charge is 2.15. The van der Waals surface area contributed by atoms with Crippen LogP contribution in [0.15, 0.2) is 36.5 Å². The monoisotopic (exact) mass is 256 g/mol. The van der Waals surface area contributed by atoms with Crippen molar-refractivity contribution in [3.63, 3.8) is 0 Å². The Bertz CT molecular complexity index is 679. The van der Waals surface area contributed by atoms with E-state index in [1.54, 1.807) is 24.3 Å². The molecule has 0 saturated carbocycles. The first-order valence-corrected chi connectivity index (χ1v) is 5.34. The maximum Gasteiger partial charge on any atom is 0.258 e. The number of rotatable bonds is 2. The molecule has 0 aliphatic rings. The number of nitriles is 1. The number of carbonyl (C=O) groups excluding carboxylic acids is 1. The van der Waals surface area contributed by atoms with Crippen LogP contribution in [0.4, 0.5) is 15.9 Å². The first kappa shape index (κ1) is 12.5. The van der Waals surface area contributed by atoms with Crippen molar-refractivity contribution in [3.05, 3.63) is 53.5 Å². The molecular weight excluding hydrogens is 247 g/mol. The number of amides is 1. The standard InChI is InChI=1S/C13H9FN4O/c14-11-9(5-6-17-12(11)16)13(19)18-10-4-2-1-3-8(10)7-15/h1-6H,(H2,16,17)(H,18,19). The number of nitrogens with two attached hydrogens (primary N) is 1. The van der Waals surface area contributed by atoms with Gasteiger partial charge in [0.15, 0.2) is 11.6 Å². The first-order valence-electron chi connectivity index (χ1n) is 5.34. The number of aromatic nitrogens is 1. The SMILES string of the molecule is N#Cc1ccccc1NC(=O)c1ccnc(N)c1F. The van der Waals surface area contributed by atoms with E-state index in [2.05, 4.69) is 10.3 Å². The molecule has 0 radical (unpaired) electrons. The molecule has 0 aliphatic carbocycles. The van der Waals surface area contributed by atoms with E-state index in [1.165, 1.54) is 12.3 Å². The van der Waals surface area contributed by atoms with Gasteiger partial charge >= 0.3 is 0 Å². The number of nitrogens with one attached hydrogen (secondary N) is 1. The number of hydrogen-bond acceptors (Lipinski definition) is 4. The Morgan fingerprint density at radius 1 is 1.37 bits per heavy atom. The molecule has 0 fully saturated rings. The van der Waals surface area contributed by atoms with Crippen LogP contribution >= 0.6 is 0 Å². The lowest BCUT2D eigenvalue weighted by Gasteiger charge is -2.07. The Labute approximate surface area is 108 Å². The maximum atomic E-state index is 13.6. The molecule has 1 heterocycles. The Balaban J connectivity index is 2.32. The molecule has 0 bridgehead atoms. The number of anilines is 2. The third kappa shape index (κ3) is 2.50. The van der Waals surface area contributed by atoms with Gasteiger partial charge in [-0.15, -0.1) is 0 Å². The van der Waals surface area contributed by atoms with Crippen LogP contribution < -0.4 is 11.1 Å². The van der Waals surface area contributed by atoms with Gasteiger partial charge in [0.2, 0.25) is 0 Å². The third-order valence-electron chi connectivity index (χ3n) is 2.46. The van der Waals surface area contributed by atoms with Crippen molar-refractivity contribution in [1.82, 2.24) is 4.98 Å². The predicted octanol–water partition coefficient (Wildman–Crippen LogP) is 1.93. The zero-order valence-electron chi connectivity index (χ0n) is 9.72. The summed E-state index contributed by atoms with van der Waals surface area (Å²) in [5.41, 5.74) is 5.67. The van der Waals surface area contributed by atoms with Crippen LogP contribution in [0, 0.1) is 17.1 Å². The maximum absolute atomic E-state index is 13.6. The topological polar surface area (TPSA) is 91.8 Å². The van der Waals surface area contributed by atoms with E-state index in [4.69, 9.17) is 11.0 Å². The minimum atomic E-state index is -0.880. The Kier molecular flexibility index (Phi) is 3.39. The minimum absolute atomic E-state index is 0.222. The molecule has 2 aromatic rings. The van der Waals surface area contributed by atoms with Gasteiger partial charge in [-0.2, -0.15) is 5.26 Å². The number of carbonyl (C=O) groups is 1. The van der Waals surface area contributed by atoms with Gasteiger partial charge in [-0.05, 0) is 18.2 Å². The Morgan fingerprint density at radius 3 is 2.84 bits per heavy atom. The van der Waals surface area contributed by atoms with Gasteiger partial charge in [-0.25, -0.2) is 9.37 Å². The highest BCUT2D eigenvalue weighted by atomic mass is 19.1. The average Bonchev–Trinajstić information content (AvgIpc) is 2.42. The molecule has 0 spiro atoms. The number of pyridine rings is 1. The zero-order chi connectivity index (χ0) is 13.8. The molecule has 94 valence electrons. The lowest BCUT2D eigenvalue weighted by atomic mass is 10.1. The summed E-state index contributed by atoms with van der Waals surface area (Å²) in [6, 6.07) is 9.58. The first-order chi connectivity index (χ1) is 9.13. The van der Waals surface area contributed by atoms with Gasteiger partial charge in [0.05, 0.1) is 16.8 Å². The van der Waals surface area contributed by atoms with Crippen molar-refractivity contribution >= 4 is 17.4 Å². The Morgan fingerprint density at radius 2 is 2.11 bits per heavy atom. The van der Waals surface area contributed by atoms with E-state index in [0.29, 0.717) is 11.3 Å². The van der Waals surface area contributed by atoms with Gasteiger partial charge in [0.1, 0.15) is 6.07 Å². The molecule has 19 heavy (non-hydrogen) atoms. The van der Waals surface area contributed by atoms with E-state index in [-0.39, 0.29) is 11.4 Å². The second-order valence-electron chi connectivity index (χ2n) is 3.67. The summed E-state index contributed by atoms with van der Waals surface area (Å²) >= 11 is 0. The number of para-hydroxylation sites is 1. The van der Waals surface area contributed by atoms with Crippen molar-refractivity contribution in [3.8, 4) is 6.07 Å². The van der Waals surface area contributed by atoms with Crippen LogP contribution in [-0.2, 0) is 0 Å². The van der Waals surface area contributed by atoms with Gasteiger partial charge in [0, 0.05) is 6.20 Å². The van der Waals surface area contributed by atoms with Crippen LogP contribution in [0.25, 0.3) is 0 Å². The largest absolute Gasteiger partial charge is 0.381 e. The van der Waals surface area contributed by atoms with E-state index in [0.717, 1.165) is 0 Å². The van der Waals surface area contributed by atoms with Crippen LogP contribution in [0.2, 0.25) is 0 Å². The Hall–Kier alpha value is -2.94. The normalized spacial score (nSPS) is 9.68. The van der Waals surface area contributed by atoms with Crippen LogP contribution in [0.1, 0.15) is 15.9 Å². The molecule has 6 heteroatoms. The van der Waals surface area contributed by atoms with Gasteiger partial charge in [0.25, 0.3) is 5.91 Å². The lowest BCUT2D eigenvalue weighted by Crippen LogP contribution is -2.15. The van der Waals surface area contributed by atoms with Gasteiger partial charge in [-0.1, -0.05) is 12.1 Å². The highest BCUT2D eigenvalue weighted by molar-refractivity contribution is 6.05. The molecular formula is C13H9FN4O. The van der Waals surface area contributed by atoms with Crippen molar-refractivity contribution in [2.45, 2.75) is 0 Å². The number of nitrogens with zero attached hydrogens (tertiary/aromatic N) is 2. The van der Waals surface area contributed by atoms with Gasteiger partial charge < -0.3 is 11.1 Å². The van der Waals surface area contributed by atoms with E-state index < -0.39 is 11.7 Å². The average molecular weight is 256 g/mol. The van der Waals surface area contributed by atoms with E-state index in [9.17, 15) is 9.18 Å². The fourth-order valence-corrected chi connectivity index (χ4v) is 1.51. The molecule has 0 aliphatic heterocycles. The molecule has 1 aromatic carbocycles. The molecule has 0 saturated heterocycles. The molecule has 1 amide bonds. The van der Waals surface area contributed by atoms with Crippen molar-refractivity contribution in [1.29, 1.82) is 5.26 Å². The fourth-order valence-electron chi connectivity index (χ4n) is 1.51. The smallest absolute Gasteiger partial charge is 0.258 e. The fraction of sp³-hybridized carbons (Fsp3) is 0. The number of hydrogen-bond donors (Lipinski definition) is 2. The zero-order valence-corrected chi connectivity index (χ0v) is 9.72. The van der Waals surface area contributed by atoms with Crippen LogP contribution in [0.3, 0.4) is 0 Å². The number of benzene rings is 1. The van der Waals surface area contributed by atoms with Crippen LogP contribution in [0.5, 0.6) is 0 Å². The summed E-state index contributed by atoms with van der Waals surface area (Å²) in [7, 11) is 0. The molecule has 1 aromatic heterocycles. The molecule has 5 nitrogen and oxygen atoms in total. The number of halogens is 1. The second kappa shape index (κ2) is 5.14. The highest BCUT2D eigenvalue weighted by Crippen LogP contribution is 2.17. The molecule has 0 unspecified atom stereocenters. The third-order valence-corrected chi connectivity index (χ3v) is 2.46.